The van der Waals surface area contributed by atoms with Crippen molar-refractivity contribution in [2.24, 2.45) is 5.84 Å². The maximum atomic E-state index is 11.0. The van der Waals surface area contributed by atoms with Crippen molar-refractivity contribution in [2.75, 3.05) is 6.61 Å². The fourth-order valence-electron chi connectivity index (χ4n) is 1.59. The molecule has 3 N–H and O–H groups in total. The molecular formula is C14H14N2O2. The van der Waals surface area contributed by atoms with E-state index in [1.54, 1.807) is 6.07 Å². The van der Waals surface area contributed by atoms with Gasteiger partial charge in [-0.1, -0.05) is 42.5 Å². The molecule has 0 fully saturated rings. The SMILES string of the molecule is NNC(=O)COc1cccc(-c2ccccc2)c1. The number of hydrogen-bond acceptors (Lipinski definition) is 3. The van der Waals surface area contributed by atoms with Crippen molar-refractivity contribution in [3.63, 3.8) is 0 Å². The Balaban J connectivity index is 2.13. The molecule has 0 aliphatic heterocycles. The quantitative estimate of drug-likeness (QED) is 0.487. The van der Waals surface area contributed by atoms with E-state index < -0.39 is 0 Å². The largest absolute Gasteiger partial charge is 0.484 e. The first-order valence-corrected chi connectivity index (χ1v) is 5.57. The van der Waals surface area contributed by atoms with E-state index in [4.69, 9.17) is 10.6 Å². The van der Waals surface area contributed by atoms with Gasteiger partial charge in [-0.2, -0.15) is 0 Å². The Morgan fingerprint density at radius 2 is 1.78 bits per heavy atom. The van der Waals surface area contributed by atoms with Gasteiger partial charge in [-0.05, 0) is 23.3 Å². The molecule has 4 nitrogen and oxygen atoms in total. The summed E-state index contributed by atoms with van der Waals surface area (Å²) in [5, 5.41) is 0. The summed E-state index contributed by atoms with van der Waals surface area (Å²) in [4.78, 5) is 11.0. The van der Waals surface area contributed by atoms with Gasteiger partial charge in [0.25, 0.3) is 5.91 Å². The smallest absolute Gasteiger partial charge is 0.271 e. The average Bonchev–Trinajstić information content (AvgIpc) is 2.46. The van der Waals surface area contributed by atoms with Gasteiger partial charge >= 0.3 is 0 Å². The molecule has 2 aromatic carbocycles. The number of nitrogens with one attached hydrogen (secondary N) is 1. The number of hydrazine groups is 1. The van der Waals surface area contributed by atoms with Crippen molar-refractivity contribution in [3.8, 4) is 16.9 Å². The number of rotatable bonds is 4. The van der Waals surface area contributed by atoms with Crippen molar-refractivity contribution in [3.05, 3.63) is 54.6 Å². The van der Waals surface area contributed by atoms with Crippen LogP contribution in [0.5, 0.6) is 5.75 Å². The third kappa shape index (κ3) is 3.09. The Morgan fingerprint density at radius 1 is 1.06 bits per heavy atom. The minimum Gasteiger partial charge on any atom is -0.484 e. The van der Waals surface area contributed by atoms with Gasteiger partial charge in [0.1, 0.15) is 5.75 Å². The fraction of sp³-hybridized carbons (Fsp3) is 0.0714. The Labute approximate surface area is 105 Å². The molecule has 4 heteroatoms. The van der Waals surface area contributed by atoms with E-state index in [0.717, 1.165) is 11.1 Å². The van der Waals surface area contributed by atoms with Gasteiger partial charge in [0, 0.05) is 0 Å². The molecule has 0 spiro atoms. The lowest BCUT2D eigenvalue weighted by Gasteiger charge is -2.07. The highest BCUT2D eigenvalue weighted by atomic mass is 16.5. The number of nitrogens with two attached hydrogens (primary N) is 1. The third-order valence-electron chi connectivity index (χ3n) is 2.47. The molecular weight excluding hydrogens is 228 g/mol. The van der Waals surface area contributed by atoms with Crippen LogP contribution in [-0.4, -0.2) is 12.5 Å². The van der Waals surface area contributed by atoms with Gasteiger partial charge in [-0.25, -0.2) is 5.84 Å². The van der Waals surface area contributed by atoms with Gasteiger partial charge in [0.15, 0.2) is 6.61 Å². The Bertz CT molecular complexity index is 526. The van der Waals surface area contributed by atoms with Crippen molar-refractivity contribution in [1.82, 2.24) is 5.43 Å². The van der Waals surface area contributed by atoms with E-state index in [2.05, 4.69) is 0 Å². The summed E-state index contributed by atoms with van der Waals surface area (Å²) in [6.07, 6.45) is 0. The van der Waals surface area contributed by atoms with Gasteiger partial charge in [0.2, 0.25) is 0 Å². The Morgan fingerprint density at radius 3 is 2.50 bits per heavy atom. The molecule has 0 heterocycles. The zero-order valence-corrected chi connectivity index (χ0v) is 9.80. The second-order valence-corrected chi connectivity index (χ2v) is 3.75. The van der Waals surface area contributed by atoms with Crippen LogP contribution in [-0.2, 0) is 4.79 Å². The summed E-state index contributed by atoms with van der Waals surface area (Å²) in [7, 11) is 0. The summed E-state index contributed by atoms with van der Waals surface area (Å²) in [5.41, 5.74) is 4.16. The number of benzene rings is 2. The molecule has 92 valence electrons. The van der Waals surface area contributed by atoms with Crippen LogP contribution < -0.4 is 16.0 Å². The molecule has 0 saturated carbocycles. The molecule has 1 amide bonds. The molecule has 0 saturated heterocycles. The zero-order chi connectivity index (χ0) is 12.8. The second-order valence-electron chi connectivity index (χ2n) is 3.75. The van der Waals surface area contributed by atoms with Gasteiger partial charge in [0.05, 0.1) is 0 Å². The molecule has 0 unspecified atom stereocenters. The van der Waals surface area contributed by atoms with E-state index in [0.29, 0.717) is 5.75 Å². The van der Waals surface area contributed by atoms with Gasteiger partial charge in [-0.3, -0.25) is 10.2 Å². The predicted octanol–water partition coefficient (Wildman–Crippen LogP) is 1.72. The molecule has 0 atom stereocenters. The van der Waals surface area contributed by atoms with Crippen molar-refractivity contribution < 1.29 is 9.53 Å². The standard InChI is InChI=1S/C14H14N2O2/c15-16-14(17)10-18-13-8-4-7-12(9-13)11-5-2-1-3-6-11/h1-9H,10,15H2,(H,16,17). The van der Waals surface area contributed by atoms with E-state index in [9.17, 15) is 4.79 Å². The van der Waals surface area contributed by atoms with Crippen LogP contribution in [0.25, 0.3) is 11.1 Å². The summed E-state index contributed by atoms with van der Waals surface area (Å²) in [6.45, 7) is -0.0885. The zero-order valence-electron chi connectivity index (χ0n) is 9.80. The lowest BCUT2D eigenvalue weighted by Crippen LogP contribution is -2.34. The van der Waals surface area contributed by atoms with Crippen LogP contribution in [0, 0.1) is 0 Å². The van der Waals surface area contributed by atoms with Crippen LogP contribution in [0.1, 0.15) is 0 Å². The highest BCUT2D eigenvalue weighted by molar-refractivity contribution is 5.76. The molecule has 0 radical (unpaired) electrons. The molecule has 0 aliphatic rings. The first-order chi connectivity index (χ1) is 8.79. The monoisotopic (exact) mass is 242 g/mol. The average molecular weight is 242 g/mol. The van der Waals surface area contributed by atoms with E-state index >= 15 is 0 Å². The third-order valence-corrected chi connectivity index (χ3v) is 2.47. The van der Waals surface area contributed by atoms with Crippen LogP contribution in [0.2, 0.25) is 0 Å². The van der Waals surface area contributed by atoms with Crippen LogP contribution in [0.3, 0.4) is 0 Å². The molecule has 0 aliphatic carbocycles. The van der Waals surface area contributed by atoms with Crippen LogP contribution in [0.15, 0.2) is 54.6 Å². The summed E-state index contributed by atoms with van der Waals surface area (Å²) < 4.78 is 5.33. The van der Waals surface area contributed by atoms with Crippen molar-refractivity contribution in [2.45, 2.75) is 0 Å². The lowest BCUT2D eigenvalue weighted by atomic mass is 10.1. The van der Waals surface area contributed by atoms with Gasteiger partial charge < -0.3 is 4.74 Å². The molecule has 18 heavy (non-hydrogen) atoms. The van der Waals surface area contributed by atoms with Crippen molar-refractivity contribution in [1.29, 1.82) is 0 Å². The molecule has 2 rings (SSSR count). The van der Waals surface area contributed by atoms with Crippen molar-refractivity contribution >= 4 is 5.91 Å². The number of hydrogen-bond donors (Lipinski definition) is 2. The lowest BCUT2D eigenvalue weighted by molar-refractivity contribution is -0.123. The number of carbonyl (C=O) groups excluding carboxylic acids is 1. The minimum atomic E-state index is -0.361. The number of carbonyl (C=O) groups is 1. The first kappa shape index (κ1) is 12.1. The Hall–Kier alpha value is -2.33. The predicted molar refractivity (Wildman–Crippen MR) is 69.7 cm³/mol. The maximum absolute atomic E-state index is 11.0. The first-order valence-electron chi connectivity index (χ1n) is 5.57. The van der Waals surface area contributed by atoms with Crippen LogP contribution >= 0.6 is 0 Å². The molecule has 0 aromatic heterocycles. The number of amides is 1. The normalized spacial score (nSPS) is 9.83. The number of ether oxygens (including phenoxy) is 1. The maximum Gasteiger partial charge on any atom is 0.271 e. The highest BCUT2D eigenvalue weighted by Crippen LogP contribution is 2.23. The minimum absolute atomic E-state index is 0.0885. The van der Waals surface area contributed by atoms with E-state index in [-0.39, 0.29) is 12.5 Å². The van der Waals surface area contributed by atoms with Crippen LogP contribution in [0.4, 0.5) is 0 Å². The summed E-state index contributed by atoms with van der Waals surface area (Å²) >= 11 is 0. The topological polar surface area (TPSA) is 64.3 Å². The fourth-order valence-corrected chi connectivity index (χ4v) is 1.59. The van der Waals surface area contributed by atoms with Gasteiger partial charge in [-0.15, -0.1) is 0 Å². The summed E-state index contributed by atoms with van der Waals surface area (Å²) in [5.74, 6) is 5.26. The van der Waals surface area contributed by atoms with E-state index in [1.807, 2.05) is 54.0 Å². The highest BCUT2D eigenvalue weighted by Gasteiger charge is 2.02. The Kier molecular flexibility index (Phi) is 3.94. The second kappa shape index (κ2) is 5.84. The van der Waals surface area contributed by atoms with E-state index in [1.165, 1.54) is 0 Å². The summed E-state index contributed by atoms with van der Waals surface area (Å²) in [6, 6.07) is 17.5. The molecule has 0 bridgehead atoms. The molecule has 2 aromatic rings.